The number of carbonyl (C=O) groups excluding carboxylic acids is 1. The van der Waals surface area contributed by atoms with E-state index in [9.17, 15) is 4.79 Å². The van der Waals surface area contributed by atoms with Crippen molar-refractivity contribution < 1.29 is 4.79 Å². The quantitative estimate of drug-likeness (QED) is 0.660. The Morgan fingerprint density at radius 1 is 1.14 bits per heavy atom. The van der Waals surface area contributed by atoms with Crippen molar-refractivity contribution in [3.8, 4) is 0 Å². The van der Waals surface area contributed by atoms with Gasteiger partial charge in [-0.1, -0.05) is 57.0 Å². The smallest absolute Gasteiger partial charge is 0.225 e. The van der Waals surface area contributed by atoms with Crippen molar-refractivity contribution >= 4 is 22.6 Å². The van der Waals surface area contributed by atoms with Gasteiger partial charge in [0.1, 0.15) is 5.82 Å². The predicted octanol–water partition coefficient (Wildman–Crippen LogP) is 4.38. The minimum atomic E-state index is 0.186. The highest BCUT2D eigenvalue weighted by atomic mass is 32.1. The van der Waals surface area contributed by atoms with Crippen LogP contribution in [0, 0.1) is 5.92 Å². The van der Waals surface area contributed by atoms with Gasteiger partial charge >= 0.3 is 0 Å². The first-order valence-corrected chi connectivity index (χ1v) is 11.4. The summed E-state index contributed by atoms with van der Waals surface area (Å²) in [6.07, 6.45) is 6.01. The van der Waals surface area contributed by atoms with Gasteiger partial charge in [-0.25, -0.2) is 4.98 Å². The summed E-state index contributed by atoms with van der Waals surface area (Å²) >= 11 is 1.48. The number of anilines is 1. The maximum Gasteiger partial charge on any atom is 0.225 e. The molecular formula is C22H32N4OS. The molecule has 1 atom stereocenters. The van der Waals surface area contributed by atoms with Crippen LogP contribution in [0.4, 0.5) is 5.13 Å². The van der Waals surface area contributed by atoms with Crippen LogP contribution < -0.4 is 4.90 Å². The number of hydrogen-bond acceptors (Lipinski definition) is 5. The average molecular weight is 401 g/mol. The molecule has 0 saturated carbocycles. The molecular weight excluding hydrogens is 368 g/mol. The van der Waals surface area contributed by atoms with Crippen LogP contribution >= 0.6 is 11.5 Å². The van der Waals surface area contributed by atoms with Crippen molar-refractivity contribution in [1.29, 1.82) is 0 Å². The first-order valence-electron chi connectivity index (χ1n) is 10.6. The van der Waals surface area contributed by atoms with Crippen LogP contribution in [0.25, 0.3) is 0 Å². The number of hydrogen-bond donors (Lipinski definition) is 0. The summed E-state index contributed by atoms with van der Waals surface area (Å²) in [6, 6.07) is 10.3. The SMILES string of the molecule is CCCCC(CC)C(=O)N1CCCN(c2nc(Cc3ccccc3)ns2)CC1. The Bertz CT molecular complexity index is 733. The summed E-state index contributed by atoms with van der Waals surface area (Å²) < 4.78 is 4.55. The molecule has 28 heavy (non-hydrogen) atoms. The van der Waals surface area contributed by atoms with Crippen molar-refractivity contribution in [3.63, 3.8) is 0 Å². The average Bonchev–Trinajstić information content (AvgIpc) is 3.04. The van der Waals surface area contributed by atoms with Crippen molar-refractivity contribution in [2.75, 3.05) is 31.1 Å². The number of amides is 1. The summed E-state index contributed by atoms with van der Waals surface area (Å²) in [5.74, 6) is 1.42. The third-order valence-electron chi connectivity index (χ3n) is 5.49. The Kier molecular flexibility index (Phi) is 7.83. The molecule has 1 aliphatic heterocycles. The van der Waals surface area contributed by atoms with E-state index in [4.69, 9.17) is 4.98 Å². The van der Waals surface area contributed by atoms with E-state index in [1.165, 1.54) is 17.1 Å². The van der Waals surface area contributed by atoms with Gasteiger partial charge in [0.25, 0.3) is 0 Å². The second kappa shape index (κ2) is 10.6. The summed E-state index contributed by atoms with van der Waals surface area (Å²) in [5, 5.41) is 0.984. The monoisotopic (exact) mass is 400 g/mol. The number of benzene rings is 1. The molecule has 1 aromatic carbocycles. The lowest BCUT2D eigenvalue weighted by atomic mass is 9.97. The van der Waals surface area contributed by atoms with Gasteiger partial charge in [0.05, 0.1) is 0 Å². The van der Waals surface area contributed by atoms with E-state index in [1.807, 2.05) is 18.2 Å². The van der Waals surface area contributed by atoms with E-state index < -0.39 is 0 Å². The first-order chi connectivity index (χ1) is 13.7. The molecule has 6 heteroatoms. The molecule has 3 rings (SSSR count). The van der Waals surface area contributed by atoms with Gasteiger partial charge in [0.15, 0.2) is 0 Å². The van der Waals surface area contributed by atoms with Gasteiger partial charge in [0, 0.05) is 50.1 Å². The van der Waals surface area contributed by atoms with Crippen LogP contribution in [-0.2, 0) is 11.2 Å². The van der Waals surface area contributed by atoms with Crippen LogP contribution in [0.15, 0.2) is 30.3 Å². The summed E-state index contributed by atoms with van der Waals surface area (Å²) in [6.45, 7) is 7.75. The van der Waals surface area contributed by atoms with E-state index in [0.29, 0.717) is 5.91 Å². The molecule has 1 aliphatic rings. The second-order valence-electron chi connectivity index (χ2n) is 7.57. The molecule has 2 heterocycles. The van der Waals surface area contributed by atoms with Gasteiger partial charge < -0.3 is 9.80 Å². The Hall–Kier alpha value is -1.95. The molecule has 1 saturated heterocycles. The lowest BCUT2D eigenvalue weighted by molar-refractivity contribution is -0.135. The Morgan fingerprint density at radius 2 is 1.96 bits per heavy atom. The highest BCUT2D eigenvalue weighted by molar-refractivity contribution is 7.09. The highest BCUT2D eigenvalue weighted by Gasteiger charge is 2.25. The predicted molar refractivity (Wildman–Crippen MR) is 116 cm³/mol. The molecule has 0 spiro atoms. The zero-order valence-electron chi connectivity index (χ0n) is 17.1. The van der Waals surface area contributed by atoms with Crippen molar-refractivity contribution in [2.45, 2.75) is 52.4 Å². The molecule has 0 aliphatic carbocycles. The van der Waals surface area contributed by atoms with Gasteiger partial charge in [-0.05, 0) is 24.8 Å². The van der Waals surface area contributed by atoms with Crippen molar-refractivity contribution in [2.24, 2.45) is 5.92 Å². The highest BCUT2D eigenvalue weighted by Crippen LogP contribution is 2.22. The van der Waals surface area contributed by atoms with Crippen molar-refractivity contribution in [3.05, 3.63) is 41.7 Å². The third kappa shape index (κ3) is 5.53. The van der Waals surface area contributed by atoms with E-state index in [1.54, 1.807) is 0 Å². The van der Waals surface area contributed by atoms with E-state index in [-0.39, 0.29) is 5.92 Å². The van der Waals surface area contributed by atoms with E-state index in [2.05, 4.69) is 40.2 Å². The van der Waals surface area contributed by atoms with E-state index in [0.717, 1.165) is 75.7 Å². The van der Waals surface area contributed by atoms with Gasteiger partial charge in [0.2, 0.25) is 11.0 Å². The van der Waals surface area contributed by atoms with Gasteiger partial charge in [-0.2, -0.15) is 4.37 Å². The topological polar surface area (TPSA) is 49.3 Å². The maximum absolute atomic E-state index is 12.9. The standard InChI is InChI=1S/C22H32N4OS/c1-3-5-12-19(4-2)21(27)25-13-9-14-26(16-15-25)22-23-20(24-28-22)17-18-10-7-6-8-11-18/h6-8,10-11,19H,3-5,9,12-17H2,1-2H3. The normalized spacial score (nSPS) is 16.1. The molecule has 1 amide bonds. The number of aromatic nitrogens is 2. The molecule has 1 fully saturated rings. The molecule has 5 nitrogen and oxygen atoms in total. The number of nitrogens with zero attached hydrogens (tertiary/aromatic N) is 4. The molecule has 152 valence electrons. The molecule has 2 aromatic rings. The lowest BCUT2D eigenvalue weighted by Gasteiger charge is -2.25. The minimum absolute atomic E-state index is 0.186. The van der Waals surface area contributed by atoms with Crippen LogP contribution in [0.2, 0.25) is 0 Å². The fraction of sp³-hybridized carbons (Fsp3) is 0.591. The van der Waals surface area contributed by atoms with Gasteiger partial charge in [-0.15, -0.1) is 0 Å². The zero-order chi connectivity index (χ0) is 19.8. The maximum atomic E-state index is 12.9. The molecule has 1 aromatic heterocycles. The lowest BCUT2D eigenvalue weighted by Crippen LogP contribution is -2.39. The summed E-state index contributed by atoms with van der Waals surface area (Å²) in [5.41, 5.74) is 1.23. The molecule has 0 N–H and O–H groups in total. The third-order valence-corrected chi connectivity index (χ3v) is 6.30. The van der Waals surface area contributed by atoms with Crippen LogP contribution in [0.1, 0.15) is 57.3 Å². The van der Waals surface area contributed by atoms with E-state index >= 15 is 0 Å². The van der Waals surface area contributed by atoms with Crippen molar-refractivity contribution in [1.82, 2.24) is 14.3 Å². The fourth-order valence-corrected chi connectivity index (χ4v) is 4.50. The molecule has 0 radical (unpaired) electrons. The fourth-order valence-electron chi connectivity index (χ4n) is 3.76. The zero-order valence-corrected chi connectivity index (χ0v) is 18.0. The number of carbonyl (C=O) groups is 1. The second-order valence-corrected chi connectivity index (χ2v) is 8.30. The number of rotatable bonds is 8. The Morgan fingerprint density at radius 3 is 2.71 bits per heavy atom. The Balaban J connectivity index is 1.57. The van der Waals surface area contributed by atoms with Crippen LogP contribution in [0.5, 0.6) is 0 Å². The van der Waals surface area contributed by atoms with Crippen LogP contribution in [-0.4, -0.2) is 46.3 Å². The Labute approximate surface area is 172 Å². The molecule has 1 unspecified atom stereocenters. The number of unbranched alkanes of at least 4 members (excludes halogenated alkanes) is 1. The summed E-state index contributed by atoms with van der Waals surface area (Å²) in [7, 11) is 0. The van der Waals surface area contributed by atoms with Crippen LogP contribution in [0.3, 0.4) is 0 Å². The van der Waals surface area contributed by atoms with Gasteiger partial charge in [-0.3, -0.25) is 4.79 Å². The minimum Gasteiger partial charge on any atom is -0.345 e. The summed E-state index contributed by atoms with van der Waals surface area (Å²) in [4.78, 5) is 22.1. The largest absolute Gasteiger partial charge is 0.345 e. The first kappa shape index (κ1) is 20.8. The molecule has 0 bridgehead atoms.